The van der Waals surface area contributed by atoms with Crippen molar-refractivity contribution in [3.05, 3.63) is 29.8 Å². The van der Waals surface area contributed by atoms with Gasteiger partial charge < -0.3 is 15.0 Å². The van der Waals surface area contributed by atoms with E-state index >= 15 is 0 Å². The molecule has 2 rings (SSSR count). The summed E-state index contributed by atoms with van der Waals surface area (Å²) in [6.45, 7) is 6.25. The highest BCUT2D eigenvalue weighted by Crippen LogP contribution is 2.18. The molecule has 1 aliphatic rings. The number of carbonyl (C=O) groups excluding carboxylic acids is 2. The summed E-state index contributed by atoms with van der Waals surface area (Å²) in [6.07, 6.45) is 0. The second-order valence-electron chi connectivity index (χ2n) is 5.77. The molecule has 6 nitrogen and oxygen atoms in total. The van der Waals surface area contributed by atoms with Crippen LogP contribution in [-0.2, 0) is 4.79 Å². The van der Waals surface area contributed by atoms with E-state index in [9.17, 15) is 9.59 Å². The number of nitrogens with zero attached hydrogens (tertiary/aromatic N) is 2. The number of hydrogen-bond donors (Lipinski definition) is 1. The summed E-state index contributed by atoms with van der Waals surface area (Å²) in [5.41, 5.74) is 0.590. The molecule has 0 unspecified atom stereocenters. The van der Waals surface area contributed by atoms with Crippen LogP contribution in [0.3, 0.4) is 0 Å². The maximum absolute atomic E-state index is 12.2. The van der Waals surface area contributed by atoms with E-state index < -0.39 is 0 Å². The number of ketones is 1. The van der Waals surface area contributed by atoms with E-state index in [1.54, 1.807) is 12.1 Å². The zero-order valence-corrected chi connectivity index (χ0v) is 13.9. The SMILES string of the molecule is CC(=O)c1ccccc1OCCN(C)CC(=O)N1CCNCC1. The molecule has 1 aromatic rings. The smallest absolute Gasteiger partial charge is 0.236 e. The minimum Gasteiger partial charge on any atom is -0.491 e. The molecule has 1 aliphatic heterocycles. The second kappa shape index (κ2) is 8.64. The Hall–Kier alpha value is -1.92. The van der Waals surface area contributed by atoms with E-state index in [0.717, 1.165) is 26.2 Å². The summed E-state index contributed by atoms with van der Waals surface area (Å²) in [5.74, 6) is 0.739. The monoisotopic (exact) mass is 319 g/mol. The first kappa shape index (κ1) is 17.4. The van der Waals surface area contributed by atoms with Crippen molar-refractivity contribution < 1.29 is 14.3 Å². The normalized spacial score (nSPS) is 14.8. The van der Waals surface area contributed by atoms with Crippen LogP contribution in [0.5, 0.6) is 5.75 Å². The molecule has 1 N–H and O–H groups in total. The molecule has 1 amide bonds. The van der Waals surface area contributed by atoms with Crippen molar-refractivity contribution in [1.29, 1.82) is 0 Å². The minimum absolute atomic E-state index is 0.0113. The zero-order valence-electron chi connectivity index (χ0n) is 13.9. The Balaban J connectivity index is 1.75. The van der Waals surface area contributed by atoms with Crippen LogP contribution in [0.1, 0.15) is 17.3 Å². The van der Waals surface area contributed by atoms with Crippen molar-refractivity contribution in [3.8, 4) is 5.75 Å². The summed E-state index contributed by atoms with van der Waals surface area (Å²) in [7, 11) is 1.90. The molecule has 6 heteroatoms. The van der Waals surface area contributed by atoms with Crippen molar-refractivity contribution in [2.45, 2.75) is 6.92 Å². The van der Waals surface area contributed by atoms with Crippen LogP contribution in [0.2, 0.25) is 0 Å². The fourth-order valence-corrected chi connectivity index (χ4v) is 2.52. The Morgan fingerprint density at radius 3 is 2.65 bits per heavy atom. The first-order chi connectivity index (χ1) is 11.1. The van der Waals surface area contributed by atoms with Crippen LogP contribution >= 0.6 is 0 Å². The number of amides is 1. The predicted octanol–water partition coefficient (Wildman–Crippen LogP) is 0.632. The van der Waals surface area contributed by atoms with Crippen molar-refractivity contribution >= 4 is 11.7 Å². The number of likely N-dealkylation sites (N-methyl/N-ethyl adjacent to an activating group) is 1. The van der Waals surface area contributed by atoms with Crippen LogP contribution in [-0.4, -0.2) is 74.4 Å². The minimum atomic E-state index is -0.0113. The van der Waals surface area contributed by atoms with E-state index in [-0.39, 0.29) is 11.7 Å². The number of Topliss-reactive ketones (excluding diaryl/α,β-unsaturated/α-hetero) is 1. The van der Waals surface area contributed by atoms with Crippen LogP contribution in [0.25, 0.3) is 0 Å². The van der Waals surface area contributed by atoms with E-state index in [1.165, 1.54) is 6.92 Å². The molecule has 1 heterocycles. The lowest BCUT2D eigenvalue weighted by molar-refractivity contribution is -0.132. The predicted molar refractivity (Wildman–Crippen MR) is 88.9 cm³/mol. The number of hydrogen-bond acceptors (Lipinski definition) is 5. The third kappa shape index (κ3) is 5.33. The zero-order chi connectivity index (χ0) is 16.7. The summed E-state index contributed by atoms with van der Waals surface area (Å²) in [4.78, 5) is 27.5. The molecule has 0 bridgehead atoms. The van der Waals surface area contributed by atoms with Gasteiger partial charge in [0.1, 0.15) is 12.4 Å². The van der Waals surface area contributed by atoms with E-state index in [2.05, 4.69) is 5.32 Å². The van der Waals surface area contributed by atoms with Gasteiger partial charge in [-0.1, -0.05) is 12.1 Å². The molecule has 0 saturated carbocycles. The average molecular weight is 319 g/mol. The topological polar surface area (TPSA) is 61.9 Å². The van der Waals surface area contributed by atoms with Gasteiger partial charge in [0.15, 0.2) is 5.78 Å². The summed E-state index contributed by atoms with van der Waals surface area (Å²) in [6, 6.07) is 7.22. The summed E-state index contributed by atoms with van der Waals surface area (Å²) < 4.78 is 5.70. The molecular weight excluding hydrogens is 294 g/mol. The van der Waals surface area contributed by atoms with Crippen molar-refractivity contribution in [3.63, 3.8) is 0 Å². The number of ether oxygens (including phenoxy) is 1. The molecule has 1 saturated heterocycles. The fourth-order valence-electron chi connectivity index (χ4n) is 2.52. The third-order valence-electron chi connectivity index (χ3n) is 3.87. The van der Waals surface area contributed by atoms with Gasteiger partial charge in [0.05, 0.1) is 12.1 Å². The van der Waals surface area contributed by atoms with Gasteiger partial charge in [0.2, 0.25) is 5.91 Å². The molecular formula is C17H25N3O3. The number of piperazine rings is 1. The Bertz CT molecular complexity index is 542. The largest absolute Gasteiger partial charge is 0.491 e. The molecule has 126 valence electrons. The van der Waals surface area contributed by atoms with Gasteiger partial charge >= 0.3 is 0 Å². The second-order valence-corrected chi connectivity index (χ2v) is 5.77. The highest BCUT2D eigenvalue weighted by atomic mass is 16.5. The van der Waals surface area contributed by atoms with Gasteiger partial charge in [-0.3, -0.25) is 14.5 Å². The van der Waals surface area contributed by atoms with E-state index in [0.29, 0.717) is 31.0 Å². The number of para-hydroxylation sites is 1. The van der Waals surface area contributed by atoms with Gasteiger partial charge in [-0.05, 0) is 26.1 Å². The summed E-state index contributed by atoms with van der Waals surface area (Å²) >= 11 is 0. The maximum atomic E-state index is 12.2. The van der Waals surface area contributed by atoms with Gasteiger partial charge in [-0.15, -0.1) is 0 Å². The highest BCUT2D eigenvalue weighted by molar-refractivity contribution is 5.96. The van der Waals surface area contributed by atoms with Gasteiger partial charge in [0.25, 0.3) is 0 Å². The standard InChI is InChI=1S/C17H25N3O3/c1-14(21)15-5-3-4-6-16(15)23-12-11-19(2)13-17(22)20-9-7-18-8-10-20/h3-6,18H,7-13H2,1-2H3. The Labute approximate surface area is 137 Å². The fraction of sp³-hybridized carbons (Fsp3) is 0.529. The molecule has 1 fully saturated rings. The first-order valence-electron chi connectivity index (χ1n) is 7.97. The molecule has 0 aromatic heterocycles. The Kier molecular flexibility index (Phi) is 6.55. The van der Waals surface area contributed by atoms with Crippen LogP contribution in [0.15, 0.2) is 24.3 Å². The maximum Gasteiger partial charge on any atom is 0.236 e. The lowest BCUT2D eigenvalue weighted by Crippen LogP contribution is -2.49. The summed E-state index contributed by atoms with van der Waals surface area (Å²) in [5, 5.41) is 3.23. The quantitative estimate of drug-likeness (QED) is 0.747. The van der Waals surface area contributed by atoms with Gasteiger partial charge in [0, 0.05) is 32.7 Å². The number of benzene rings is 1. The first-order valence-corrected chi connectivity index (χ1v) is 7.97. The van der Waals surface area contributed by atoms with E-state index in [4.69, 9.17) is 4.74 Å². The van der Waals surface area contributed by atoms with Crippen LogP contribution in [0.4, 0.5) is 0 Å². The number of nitrogens with one attached hydrogen (secondary N) is 1. The molecule has 0 atom stereocenters. The van der Waals surface area contributed by atoms with Crippen molar-refractivity contribution in [1.82, 2.24) is 15.1 Å². The van der Waals surface area contributed by atoms with Crippen molar-refractivity contribution in [2.75, 3.05) is 52.9 Å². The Morgan fingerprint density at radius 2 is 1.96 bits per heavy atom. The lowest BCUT2D eigenvalue weighted by Gasteiger charge is -2.29. The van der Waals surface area contributed by atoms with Gasteiger partial charge in [-0.2, -0.15) is 0 Å². The number of rotatable bonds is 7. The molecule has 23 heavy (non-hydrogen) atoms. The molecule has 1 aromatic carbocycles. The molecule has 0 aliphatic carbocycles. The molecule has 0 radical (unpaired) electrons. The average Bonchev–Trinajstić information content (AvgIpc) is 2.56. The number of carbonyl (C=O) groups is 2. The lowest BCUT2D eigenvalue weighted by atomic mass is 10.1. The van der Waals surface area contributed by atoms with Crippen LogP contribution < -0.4 is 10.1 Å². The molecule has 0 spiro atoms. The van der Waals surface area contributed by atoms with E-state index in [1.807, 2.05) is 29.0 Å². The Morgan fingerprint density at radius 1 is 1.26 bits per heavy atom. The highest BCUT2D eigenvalue weighted by Gasteiger charge is 2.17. The van der Waals surface area contributed by atoms with Gasteiger partial charge in [-0.25, -0.2) is 0 Å². The van der Waals surface area contributed by atoms with Crippen molar-refractivity contribution in [2.24, 2.45) is 0 Å². The van der Waals surface area contributed by atoms with Crippen LogP contribution in [0, 0.1) is 0 Å². The third-order valence-corrected chi connectivity index (χ3v) is 3.87.